The van der Waals surface area contributed by atoms with E-state index in [1.165, 1.54) is 12.1 Å². The van der Waals surface area contributed by atoms with Crippen molar-refractivity contribution in [3.05, 3.63) is 72.5 Å². The molecule has 112 valence electrons. The predicted molar refractivity (Wildman–Crippen MR) is 86.5 cm³/mol. The number of oxazole rings is 1. The summed E-state index contributed by atoms with van der Waals surface area (Å²) in [7, 11) is 0. The highest BCUT2D eigenvalue weighted by Gasteiger charge is 2.12. The van der Waals surface area contributed by atoms with E-state index in [1.807, 2.05) is 24.3 Å². The van der Waals surface area contributed by atoms with Crippen LogP contribution < -0.4 is 0 Å². The number of rotatable bonds is 2. The number of hydrogen-bond donors (Lipinski definition) is 1. The number of para-hydroxylation sites is 1. The minimum Gasteiger partial charge on any atom is -0.507 e. The number of phenolic OH excluding ortho intramolecular Hbond substituents is 1. The molecule has 0 aliphatic carbocycles. The number of aromatic hydroxyl groups is 1. The van der Waals surface area contributed by atoms with Gasteiger partial charge < -0.3 is 9.52 Å². The van der Waals surface area contributed by atoms with Crippen LogP contribution in [0.15, 0.2) is 71.1 Å². The van der Waals surface area contributed by atoms with Crippen LogP contribution in [0.25, 0.3) is 33.7 Å². The lowest BCUT2D eigenvalue weighted by atomic mass is 10.1. The van der Waals surface area contributed by atoms with Crippen LogP contribution in [-0.2, 0) is 0 Å². The van der Waals surface area contributed by atoms with Crippen LogP contribution in [0, 0.1) is 5.82 Å². The molecule has 3 aromatic carbocycles. The van der Waals surface area contributed by atoms with Crippen molar-refractivity contribution in [3.8, 4) is 28.3 Å². The SMILES string of the molecule is Oc1ccccc1-c1nc2cc(-c3ccc(F)cc3)ccc2o1. The lowest BCUT2D eigenvalue weighted by Crippen LogP contribution is -1.80. The summed E-state index contributed by atoms with van der Waals surface area (Å²) in [6.07, 6.45) is 0. The number of phenols is 1. The number of nitrogens with zero attached hydrogens (tertiary/aromatic N) is 1. The van der Waals surface area contributed by atoms with Crippen molar-refractivity contribution in [1.82, 2.24) is 4.98 Å². The Morgan fingerprint density at radius 3 is 2.39 bits per heavy atom. The van der Waals surface area contributed by atoms with E-state index in [-0.39, 0.29) is 11.6 Å². The molecule has 0 aliphatic rings. The van der Waals surface area contributed by atoms with Gasteiger partial charge in [-0.25, -0.2) is 9.37 Å². The first kappa shape index (κ1) is 13.5. The molecule has 1 aromatic heterocycles. The number of benzene rings is 3. The maximum absolute atomic E-state index is 13.0. The third kappa shape index (κ3) is 2.44. The molecular formula is C19H12FNO2. The van der Waals surface area contributed by atoms with E-state index in [0.29, 0.717) is 22.6 Å². The van der Waals surface area contributed by atoms with Crippen LogP contribution >= 0.6 is 0 Å². The van der Waals surface area contributed by atoms with E-state index in [2.05, 4.69) is 4.98 Å². The van der Waals surface area contributed by atoms with Crippen molar-refractivity contribution < 1.29 is 13.9 Å². The van der Waals surface area contributed by atoms with Crippen LogP contribution in [-0.4, -0.2) is 10.1 Å². The molecule has 0 fully saturated rings. The van der Waals surface area contributed by atoms with Crippen LogP contribution in [0.5, 0.6) is 5.75 Å². The first-order chi connectivity index (χ1) is 11.2. The van der Waals surface area contributed by atoms with E-state index in [9.17, 15) is 9.50 Å². The molecule has 3 nitrogen and oxygen atoms in total. The van der Waals surface area contributed by atoms with E-state index in [1.54, 1.807) is 30.3 Å². The van der Waals surface area contributed by atoms with Crippen molar-refractivity contribution in [2.24, 2.45) is 0 Å². The Bertz CT molecular complexity index is 990. The molecular weight excluding hydrogens is 293 g/mol. The normalized spacial score (nSPS) is 11.0. The lowest BCUT2D eigenvalue weighted by molar-refractivity contribution is 0.474. The lowest BCUT2D eigenvalue weighted by Gasteiger charge is -2.00. The Morgan fingerprint density at radius 1 is 0.870 bits per heavy atom. The van der Waals surface area contributed by atoms with E-state index in [4.69, 9.17) is 4.42 Å². The minimum atomic E-state index is -0.266. The van der Waals surface area contributed by atoms with Crippen LogP contribution in [0.4, 0.5) is 4.39 Å². The average Bonchev–Trinajstić information content (AvgIpc) is 2.99. The van der Waals surface area contributed by atoms with E-state index in [0.717, 1.165) is 11.1 Å². The molecule has 1 N–H and O–H groups in total. The van der Waals surface area contributed by atoms with Crippen molar-refractivity contribution >= 4 is 11.1 Å². The Morgan fingerprint density at radius 2 is 1.61 bits per heavy atom. The summed E-state index contributed by atoms with van der Waals surface area (Å²) in [5.41, 5.74) is 3.70. The van der Waals surface area contributed by atoms with Crippen LogP contribution in [0.1, 0.15) is 0 Å². The van der Waals surface area contributed by atoms with Gasteiger partial charge in [-0.05, 0) is 47.5 Å². The van der Waals surface area contributed by atoms with Gasteiger partial charge in [0.1, 0.15) is 17.1 Å². The van der Waals surface area contributed by atoms with Crippen LogP contribution in [0.2, 0.25) is 0 Å². The fraction of sp³-hybridized carbons (Fsp3) is 0. The summed E-state index contributed by atoms with van der Waals surface area (Å²) in [4.78, 5) is 4.45. The molecule has 0 amide bonds. The quantitative estimate of drug-likeness (QED) is 0.566. The molecule has 4 aromatic rings. The van der Waals surface area contributed by atoms with E-state index < -0.39 is 0 Å². The van der Waals surface area contributed by atoms with Gasteiger partial charge in [0.25, 0.3) is 0 Å². The minimum absolute atomic E-state index is 0.123. The van der Waals surface area contributed by atoms with Gasteiger partial charge in [0.15, 0.2) is 5.58 Å². The molecule has 23 heavy (non-hydrogen) atoms. The maximum atomic E-state index is 13.0. The van der Waals surface area contributed by atoms with Gasteiger partial charge in [0, 0.05) is 0 Å². The Kier molecular flexibility index (Phi) is 3.08. The summed E-state index contributed by atoms with van der Waals surface area (Å²) < 4.78 is 18.7. The van der Waals surface area contributed by atoms with Gasteiger partial charge in [0.2, 0.25) is 5.89 Å². The van der Waals surface area contributed by atoms with Gasteiger partial charge in [-0.1, -0.05) is 30.3 Å². The molecule has 0 atom stereocenters. The highest BCUT2D eigenvalue weighted by atomic mass is 19.1. The molecule has 0 spiro atoms. The standard InChI is InChI=1S/C19H12FNO2/c20-14-8-5-12(6-9-14)13-7-10-18-16(11-13)21-19(23-18)15-3-1-2-4-17(15)22/h1-11,22H. The Hall–Kier alpha value is -3.14. The molecule has 0 saturated carbocycles. The first-order valence-corrected chi connectivity index (χ1v) is 7.15. The number of fused-ring (bicyclic) bond motifs is 1. The fourth-order valence-corrected chi connectivity index (χ4v) is 2.52. The highest BCUT2D eigenvalue weighted by molar-refractivity contribution is 5.82. The Balaban J connectivity index is 1.81. The maximum Gasteiger partial charge on any atom is 0.231 e. The van der Waals surface area contributed by atoms with Gasteiger partial charge in [-0.15, -0.1) is 0 Å². The second-order valence-electron chi connectivity index (χ2n) is 5.23. The summed E-state index contributed by atoms with van der Waals surface area (Å²) >= 11 is 0. The summed E-state index contributed by atoms with van der Waals surface area (Å²) in [6.45, 7) is 0. The zero-order valence-electron chi connectivity index (χ0n) is 12.0. The molecule has 0 saturated heterocycles. The van der Waals surface area contributed by atoms with Crippen molar-refractivity contribution in [2.45, 2.75) is 0 Å². The number of halogens is 1. The monoisotopic (exact) mass is 305 g/mol. The van der Waals surface area contributed by atoms with Gasteiger partial charge in [0.05, 0.1) is 5.56 Å². The topological polar surface area (TPSA) is 46.3 Å². The fourth-order valence-electron chi connectivity index (χ4n) is 2.52. The van der Waals surface area contributed by atoms with Crippen molar-refractivity contribution in [2.75, 3.05) is 0 Å². The molecule has 0 radical (unpaired) electrons. The second kappa shape index (κ2) is 5.25. The molecule has 4 heteroatoms. The third-order valence-corrected chi connectivity index (χ3v) is 3.70. The number of hydrogen-bond acceptors (Lipinski definition) is 3. The first-order valence-electron chi connectivity index (χ1n) is 7.15. The largest absolute Gasteiger partial charge is 0.507 e. The van der Waals surface area contributed by atoms with Crippen molar-refractivity contribution in [3.63, 3.8) is 0 Å². The number of aromatic nitrogens is 1. The van der Waals surface area contributed by atoms with Gasteiger partial charge in [-0.3, -0.25) is 0 Å². The molecule has 1 heterocycles. The average molecular weight is 305 g/mol. The Labute approximate surface area is 131 Å². The van der Waals surface area contributed by atoms with E-state index >= 15 is 0 Å². The predicted octanol–water partition coefficient (Wildman–Crippen LogP) is 5.01. The summed E-state index contributed by atoms with van der Waals surface area (Å²) in [5.74, 6) is 0.227. The molecule has 4 rings (SSSR count). The summed E-state index contributed by atoms with van der Waals surface area (Å²) in [6, 6.07) is 18.8. The summed E-state index contributed by atoms with van der Waals surface area (Å²) in [5, 5.41) is 9.91. The molecule has 0 bridgehead atoms. The zero-order valence-corrected chi connectivity index (χ0v) is 12.0. The van der Waals surface area contributed by atoms with Gasteiger partial charge >= 0.3 is 0 Å². The van der Waals surface area contributed by atoms with Crippen LogP contribution in [0.3, 0.4) is 0 Å². The molecule has 0 unspecified atom stereocenters. The zero-order chi connectivity index (χ0) is 15.8. The second-order valence-corrected chi connectivity index (χ2v) is 5.23. The molecule has 0 aliphatic heterocycles. The third-order valence-electron chi connectivity index (χ3n) is 3.70. The smallest absolute Gasteiger partial charge is 0.231 e. The highest BCUT2D eigenvalue weighted by Crippen LogP contribution is 2.32. The van der Waals surface area contributed by atoms with Crippen molar-refractivity contribution in [1.29, 1.82) is 0 Å². The van der Waals surface area contributed by atoms with Gasteiger partial charge in [-0.2, -0.15) is 0 Å².